The third kappa shape index (κ3) is 8.99. The van der Waals surface area contributed by atoms with Gasteiger partial charge in [-0.3, -0.25) is 9.98 Å². The van der Waals surface area contributed by atoms with Crippen molar-refractivity contribution in [3.63, 3.8) is 0 Å². The SMILES string of the molecule is O=[S-](=O)c1ccc(N=Cc2ccccc2C=Nc2ccc(S(=O)(=O)[O-])cc2)cc1.[Na+].[Na+].[OH-]. The number of hydrogen-bond donors (Lipinski definition) is 0. The summed E-state index contributed by atoms with van der Waals surface area (Å²) in [4.78, 5) is 8.51. The quantitative estimate of drug-likeness (QED) is 0.163. The largest absolute Gasteiger partial charge is 1.00 e. The van der Waals surface area contributed by atoms with E-state index in [-0.39, 0.29) is 74.4 Å². The number of nitrogens with zero attached hydrogens (tertiary/aromatic N) is 2. The third-order valence-electron chi connectivity index (χ3n) is 3.86. The Kier molecular flexibility index (Phi) is 13.6. The van der Waals surface area contributed by atoms with Crippen LogP contribution in [0.5, 0.6) is 0 Å². The van der Waals surface area contributed by atoms with E-state index in [1.165, 1.54) is 36.4 Å². The molecule has 156 valence electrons. The van der Waals surface area contributed by atoms with Gasteiger partial charge in [0.25, 0.3) is 0 Å². The zero-order valence-corrected chi connectivity index (χ0v) is 22.9. The van der Waals surface area contributed by atoms with Crippen LogP contribution < -0.4 is 59.1 Å². The van der Waals surface area contributed by atoms with E-state index in [1.807, 2.05) is 24.3 Å². The Bertz CT molecular complexity index is 1250. The zero-order valence-electron chi connectivity index (χ0n) is 17.3. The van der Waals surface area contributed by atoms with E-state index in [9.17, 15) is 21.4 Å². The maximum absolute atomic E-state index is 11.0. The molecule has 8 nitrogen and oxygen atoms in total. The van der Waals surface area contributed by atoms with Gasteiger partial charge in [0.2, 0.25) is 0 Å². The Morgan fingerprint density at radius 3 is 1.50 bits per heavy atom. The molecule has 0 bridgehead atoms. The summed E-state index contributed by atoms with van der Waals surface area (Å²) in [5.74, 6) is 0. The van der Waals surface area contributed by atoms with Gasteiger partial charge in [0.1, 0.15) is 10.1 Å². The molecule has 32 heavy (non-hydrogen) atoms. The molecule has 3 aromatic rings. The standard InChI is InChI=1S/C20H15N2O5S2.2Na.H2O/c23-28(24)19-9-5-17(6-10-19)21-13-15-3-1-2-4-16(15)14-22-18-7-11-20(12-8-18)29(25,26)27;;;/h1-14H,(H,25,26,27);;;1H2/q-1;2*+1;/p-2. The molecule has 0 unspecified atom stereocenters. The molecule has 0 aliphatic rings. The first-order valence-electron chi connectivity index (χ1n) is 8.25. The van der Waals surface area contributed by atoms with Gasteiger partial charge in [0, 0.05) is 23.6 Å². The molecule has 0 fully saturated rings. The molecule has 0 aromatic heterocycles. The molecule has 0 saturated carbocycles. The molecule has 3 aromatic carbocycles. The predicted octanol–water partition coefficient (Wildman–Crippen LogP) is -2.41. The van der Waals surface area contributed by atoms with Crippen LogP contribution in [0, 0.1) is 0 Å². The summed E-state index contributed by atoms with van der Waals surface area (Å²) in [5, 5.41) is 0. The average molecular weight is 489 g/mol. The van der Waals surface area contributed by atoms with Gasteiger partial charge in [-0.25, -0.2) is 8.42 Å². The summed E-state index contributed by atoms with van der Waals surface area (Å²) in [6, 6.07) is 18.8. The molecule has 12 heteroatoms. The van der Waals surface area contributed by atoms with Gasteiger partial charge in [-0.05, 0) is 47.1 Å². The number of hydrogen-bond acceptors (Lipinski definition) is 9. The van der Waals surface area contributed by atoms with E-state index in [2.05, 4.69) is 9.98 Å². The van der Waals surface area contributed by atoms with E-state index in [0.717, 1.165) is 11.1 Å². The van der Waals surface area contributed by atoms with Gasteiger partial charge in [-0.1, -0.05) is 41.3 Å². The number of aliphatic imine (C=N–C) groups is 2. The van der Waals surface area contributed by atoms with Crippen molar-refractivity contribution in [2.75, 3.05) is 0 Å². The normalized spacial score (nSPS) is 11.1. The topological polar surface area (TPSA) is 146 Å². The van der Waals surface area contributed by atoms with Gasteiger partial charge in [0.15, 0.2) is 0 Å². The average Bonchev–Trinajstić information content (AvgIpc) is 2.71. The van der Waals surface area contributed by atoms with E-state index >= 15 is 0 Å². The van der Waals surface area contributed by atoms with Crippen molar-refractivity contribution in [2.45, 2.75) is 9.79 Å². The Hall–Kier alpha value is -1.18. The van der Waals surface area contributed by atoms with Crippen LogP contribution in [0.25, 0.3) is 0 Å². The Labute approximate surface area is 232 Å². The van der Waals surface area contributed by atoms with Gasteiger partial charge >= 0.3 is 59.1 Å². The number of rotatable bonds is 6. The van der Waals surface area contributed by atoms with Crippen LogP contribution in [0.3, 0.4) is 0 Å². The van der Waals surface area contributed by atoms with E-state index in [1.54, 1.807) is 24.6 Å². The first-order chi connectivity index (χ1) is 13.8. The molecule has 0 amide bonds. The summed E-state index contributed by atoms with van der Waals surface area (Å²) < 4.78 is 54.7. The van der Waals surface area contributed by atoms with Crippen LogP contribution in [0.2, 0.25) is 0 Å². The molecule has 1 N–H and O–H groups in total. The first kappa shape index (κ1) is 30.8. The third-order valence-corrected chi connectivity index (χ3v) is 5.36. The number of benzene rings is 3. The fourth-order valence-electron chi connectivity index (χ4n) is 2.38. The van der Waals surface area contributed by atoms with Crippen LogP contribution >= 0.6 is 0 Å². The molecule has 0 saturated heterocycles. The van der Waals surface area contributed by atoms with Gasteiger partial charge < -0.3 is 18.4 Å². The molecule has 0 radical (unpaired) electrons. The first-order valence-corrected chi connectivity index (χ1v) is 10.7. The molecule has 0 spiro atoms. The van der Waals surface area contributed by atoms with Gasteiger partial charge in [-0.2, -0.15) is 0 Å². The van der Waals surface area contributed by atoms with E-state index in [0.29, 0.717) is 11.4 Å². The second-order valence-corrected chi connectivity index (χ2v) is 8.14. The molecule has 0 aliphatic carbocycles. The van der Waals surface area contributed by atoms with Crippen LogP contribution in [0.1, 0.15) is 11.1 Å². The smallest absolute Gasteiger partial charge is 0.870 e. The van der Waals surface area contributed by atoms with Gasteiger partial charge in [-0.15, -0.1) is 0 Å². The fraction of sp³-hybridized carbons (Fsp3) is 0. The molecule has 0 atom stereocenters. The zero-order chi connectivity index (χ0) is 20.9. The second-order valence-electron chi connectivity index (χ2n) is 5.82. The summed E-state index contributed by atoms with van der Waals surface area (Å²) in [6.45, 7) is 0. The summed E-state index contributed by atoms with van der Waals surface area (Å²) in [5.41, 5.74) is 2.64. The minimum Gasteiger partial charge on any atom is -0.870 e. The minimum atomic E-state index is -4.49. The van der Waals surface area contributed by atoms with Crippen molar-refractivity contribution in [1.29, 1.82) is 0 Å². The molecule has 0 aliphatic heterocycles. The van der Waals surface area contributed by atoms with Crippen molar-refractivity contribution < 1.29 is 86.0 Å². The molecule has 0 heterocycles. The van der Waals surface area contributed by atoms with Crippen molar-refractivity contribution in [3.8, 4) is 0 Å². The van der Waals surface area contributed by atoms with Crippen LogP contribution in [-0.4, -0.2) is 30.9 Å². The summed E-state index contributed by atoms with van der Waals surface area (Å²) in [7, 11) is -6.77. The maximum atomic E-state index is 11.0. The van der Waals surface area contributed by atoms with Crippen molar-refractivity contribution in [1.82, 2.24) is 0 Å². The maximum Gasteiger partial charge on any atom is 1.00 e. The van der Waals surface area contributed by atoms with Crippen LogP contribution in [-0.2, 0) is 29.2 Å². The van der Waals surface area contributed by atoms with Gasteiger partial charge in [0.05, 0.1) is 16.3 Å². The molecular weight excluding hydrogens is 474 g/mol. The second kappa shape index (κ2) is 14.2. The Balaban J connectivity index is 0.00000320. The van der Waals surface area contributed by atoms with Crippen molar-refractivity contribution >= 4 is 44.6 Å². The monoisotopic (exact) mass is 489 g/mol. The molecule has 3 rings (SSSR count). The summed E-state index contributed by atoms with van der Waals surface area (Å²) in [6.07, 6.45) is 3.24. The Morgan fingerprint density at radius 1 is 0.719 bits per heavy atom. The van der Waals surface area contributed by atoms with Crippen molar-refractivity contribution in [2.24, 2.45) is 9.98 Å². The van der Waals surface area contributed by atoms with E-state index < -0.39 is 20.8 Å². The van der Waals surface area contributed by atoms with Crippen LogP contribution in [0.15, 0.2) is 92.6 Å². The van der Waals surface area contributed by atoms with Crippen molar-refractivity contribution in [3.05, 3.63) is 83.9 Å². The van der Waals surface area contributed by atoms with Crippen LogP contribution in [0.4, 0.5) is 11.4 Å². The molecular formula is C20H15N2Na2O6S2-. The Morgan fingerprint density at radius 2 is 1.12 bits per heavy atom. The van der Waals surface area contributed by atoms with E-state index in [4.69, 9.17) is 0 Å². The predicted molar refractivity (Wildman–Crippen MR) is 111 cm³/mol. The minimum absolute atomic E-state index is 0. The fourth-order valence-corrected chi connectivity index (χ4v) is 3.20. The summed E-state index contributed by atoms with van der Waals surface area (Å²) >= 11 is 0.